The molecule has 0 aromatic heterocycles. The van der Waals surface area contributed by atoms with Gasteiger partial charge in [-0.05, 0) is 0 Å². The molecular formula is C10H21IOSi2. The van der Waals surface area contributed by atoms with Crippen molar-refractivity contribution in [2.24, 2.45) is 0 Å². The maximum atomic E-state index is 10.0. The van der Waals surface area contributed by atoms with Crippen LogP contribution in [-0.2, 0) is 0 Å². The third kappa shape index (κ3) is 6.22. The zero-order chi connectivity index (χ0) is 11.6. The SMILES string of the molecule is C[Si](C)(C)C#C[C@@H](I)[C@@H](O)[Si](C)(C)C. The molecule has 0 spiro atoms. The van der Waals surface area contributed by atoms with Gasteiger partial charge >= 0.3 is 0 Å². The van der Waals surface area contributed by atoms with Gasteiger partial charge in [-0.2, -0.15) is 0 Å². The van der Waals surface area contributed by atoms with E-state index >= 15 is 0 Å². The second kappa shape index (κ2) is 5.15. The Kier molecular flexibility index (Phi) is 5.40. The van der Waals surface area contributed by atoms with Crippen molar-refractivity contribution in [3.63, 3.8) is 0 Å². The highest BCUT2D eigenvalue weighted by Crippen LogP contribution is 2.17. The van der Waals surface area contributed by atoms with Gasteiger partial charge in [-0.1, -0.05) is 67.8 Å². The van der Waals surface area contributed by atoms with E-state index in [0.29, 0.717) is 0 Å². The van der Waals surface area contributed by atoms with Crippen molar-refractivity contribution in [1.82, 2.24) is 0 Å². The van der Waals surface area contributed by atoms with Crippen LogP contribution in [0.1, 0.15) is 0 Å². The summed E-state index contributed by atoms with van der Waals surface area (Å²) in [6.45, 7) is 13.2. The van der Waals surface area contributed by atoms with Gasteiger partial charge in [-0.3, -0.25) is 0 Å². The molecule has 0 aliphatic carbocycles. The summed E-state index contributed by atoms with van der Waals surface area (Å²) in [5.41, 5.74) is 3.10. The molecule has 82 valence electrons. The van der Waals surface area contributed by atoms with Crippen molar-refractivity contribution < 1.29 is 5.11 Å². The zero-order valence-corrected chi connectivity index (χ0v) is 14.1. The predicted molar refractivity (Wildman–Crippen MR) is 78.3 cm³/mol. The molecule has 0 amide bonds. The predicted octanol–water partition coefficient (Wildman–Crippen LogP) is 2.91. The van der Waals surface area contributed by atoms with Crippen molar-refractivity contribution >= 4 is 38.7 Å². The minimum Gasteiger partial charge on any atom is -0.394 e. The molecule has 0 saturated heterocycles. The second-order valence-electron chi connectivity index (χ2n) is 5.73. The van der Waals surface area contributed by atoms with E-state index in [2.05, 4.69) is 73.3 Å². The molecule has 2 atom stereocenters. The van der Waals surface area contributed by atoms with Crippen LogP contribution in [0.25, 0.3) is 0 Å². The molecule has 0 rings (SSSR count). The minimum atomic E-state index is -1.46. The van der Waals surface area contributed by atoms with E-state index in [-0.39, 0.29) is 9.65 Å². The van der Waals surface area contributed by atoms with E-state index < -0.39 is 16.1 Å². The van der Waals surface area contributed by atoms with Gasteiger partial charge in [-0.25, -0.2) is 0 Å². The van der Waals surface area contributed by atoms with E-state index in [1.54, 1.807) is 0 Å². The Balaban J connectivity index is 4.48. The van der Waals surface area contributed by atoms with Gasteiger partial charge in [0.2, 0.25) is 0 Å². The van der Waals surface area contributed by atoms with Gasteiger partial charge in [-0.15, -0.1) is 5.54 Å². The Morgan fingerprint density at radius 2 is 1.50 bits per heavy atom. The largest absolute Gasteiger partial charge is 0.394 e. The maximum absolute atomic E-state index is 10.0. The molecule has 0 radical (unpaired) electrons. The van der Waals surface area contributed by atoms with E-state index in [9.17, 15) is 5.11 Å². The molecule has 0 aliphatic heterocycles. The first-order valence-corrected chi connectivity index (χ1v) is 13.2. The van der Waals surface area contributed by atoms with Crippen molar-refractivity contribution in [3.8, 4) is 11.5 Å². The first-order valence-electron chi connectivity index (χ1n) is 4.89. The zero-order valence-electron chi connectivity index (χ0n) is 9.98. The van der Waals surface area contributed by atoms with Crippen LogP contribution < -0.4 is 0 Å². The Labute approximate surface area is 104 Å². The molecule has 0 fully saturated rings. The summed E-state index contributed by atoms with van der Waals surface area (Å²) in [7, 11) is -2.75. The van der Waals surface area contributed by atoms with Crippen LogP contribution in [-0.4, -0.2) is 30.9 Å². The highest BCUT2D eigenvalue weighted by atomic mass is 127. The van der Waals surface area contributed by atoms with Gasteiger partial charge in [0, 0.05) is 0 Å². The lowest BCUT2D eigenvalue weighted by atomic mass is 10.5. The van der Waals surface area contributed by atoms with Crippen molar-refractivity contribution in [3.05, 3.63) is 0 Å². The van der Waals surface area contributed by atoms with Crippen LogP contribution in [0.2, 0.25) is 39.3 Å². The molecule has 0 heterocycles. The normalized spacial score (nSPS) is 16.9. The van der Waals surface area contributed by atoms with E-state index in [4.69, 9.17) is 0 Å². The third-order valence-corrected chi connectivity index (χ3v) is 6.42. The number of alkyl halides is 1. The minimum absolute atomic E-state index is 0.103. The standard InChI is InChI=1S/C10H21IOSi2/c1-13(2,3)8-7-9(11)10(12)14(4,5)6/h9-10,12H,1-6H3/t9-,10+/m1/s1. The molecule has 1 nitrogen and oxygen atoms in total. The Hall–Kier alpha value is 0.684. The van der Waals surface area contributed by atoms with Gasteiger partial charge in [0.1, 0.15) is 8.07 Å². The van der Waals surface area contributed by atoms with Gasteiger partial charge in [0.15, 0.2) is 0 Å². The highest BCUT2D eigenvalue weighted by Gasteiger charge is 2.29. The Morgan fingerprint density at radius 3 is 1.79 bits per heavy atom. The van der Waals surface area contributed by atoms with Gasteiger partial charge in [0.25, 0.3) is 0 Å². The van der Waals surface area contributed by atoms with Crippen molar-refractivity contribution in [2.45, 2.75) is 48.9 Å². The van der Waals surface area contributed by atoms with E-state index in [1.165, 1.54) is 0 Å². The first kappa shape index (κ1) is 14.7. The monoisotopic (exact) mass is 340 g/mol. The summed E-state index contributed by atoms with van der Waals surface area (Å²) < 4.78 is 0.103. The van der Waals surface area contributed by atoms with Crippen LogP contribution in [0, 0.1) is 11.5 Å². The van der Waals surface area contributed by atoms with Crippen LogP contribution in [0.15, 0.2) is 0 Å². The number of hydrogen-bond donors (Lipinski definition) is 1. The number of rotatable bonds is 2. The summed E-state index contributed by atoms with van der Waals surface area (Å²) in [4.78, 5) is 0. The van der Waals surface area contributed by atoms with Crippen molar-refractivity contribution in [1.29, 1.82) is 0 Å². The van der Waals surface area contributed by atoms with E-state index in [0.717, 1.165) is 0 Å². The molecule has 0 unspecified atom stereocenters. The fourth-order valence-corrected chi connectivity index (χ4v) is 6.04. The molecule has 0 bridgehead atoms. The highest BCUT2D eigenvalue weighted by molar-refractivity contribution is 14.1. The molecule has 0 aliphatic rings. The number of aliphatic hydroxyl groups is 1. The lowest BCUT2D eigenvalue weighted by Crippen LogP contribution is -2.43. The number of halogens is 1. The molecule has 4 heteroatoms. The topological polar surface area (TPSA) is 20.2 Å². The summed E-state index contributed by atoms with van der Waals surface area (Å²) in [6.07, 6.45) is 0. The molecule has 0 aromatic carbocycles. The second-order valence-corrected chi connectivity index (χ2v) is 17.1. The lowest BCUT2D eigenvalue weighted by molar-refractivity contribution is 0.258. The van der Waals surface area contributed by atoms with Crippen LogP contribution >= 0.6 is 22.6 Å². The van der Waals surface area contributed by atoms with Gasteiger partial charge in [0.05, 0.1) is 17.7 Å². The summed E-state index contributed by atoms with van der Waals surface area (Å²) in [5, 5.41) is 10.0. The molecule has 1 N–H and O–H groups in total. The van der Waals surface area contributed by atoms with Crippen molar-refractivity contribution in [2.75, 3.05) is 0 Å². The smallest absolute Gasteiger partial charge is 0.129 e. The maximum Gasteiger partial charge on any atom is 0.129 e. The lowest BCUT2D eigenvalue weighted by Gasteiger charge is -2.25. The Bertz CT molecular complexity index is 242. The molecule has 0 saturated carbocycles. The quantitative estimate of drug-likeness (QED) is 0.355. The van der Waals surface area contributed by atoms with Gasteiger partial charge < -0.3 is 5.11 Å². The number of aliphatic hydroxyl groups excluding tert-OH is 1. The molecular weight excluding hydrogens is 319 g/mol. The fourth-order valence-electron chi connectivity index (χ4n) is 0.803. The Morgan fingerprint density at radius 1 is 1.07 bits per heavy atom. The average molecular weight is 340 g/mol. The van der Waals surface area contributed by atoms with Crippen LogP contribution in [0.5, 0.6) is 0 Å². The summed E-state index contributed by atoms with van der Waals surface area (Å²) >= 11 is 2.27. The first-order chi connectivity index (χ1) is 6.04. The number of hydrogen-bond acceptors (Lipinski definition) is 1. The molecule has 0 aromatic rings. The van der Waals surface area contributed by atoms with Crippen LogP contribution in [0.4, 0.5) is 0 Å². The fraction of sp³-hybridized carbons (Fsp3) is 0.800. The third-order valence-electron chi connectivity index (χ3n) is 1.75. The van der Waals surface area contributed by atoms with Crippen LogP contribution in [0.3, 0.4) is 0 Å². The summed E-state index contributed by atoms with van der Waals surface area (Å²) in [5.74, 6) is 3.21. The molecule has 14 heavy (non-hydrogen) atoms. The average Bonchev–Trinajstić information content (AvgIpc) is 1.95. The van der Waals surface area contributed by atoms with E-state index in [1.807, 2.05) is 0 Å². The summed E-state index contributed by atoms with van der Waals surface area (Å²) in [6, 6.07) is 0.